The molecule has 37 heavy (non-hydrogen) atoms. The number of likely N-dealkylation sites (N-methyl/N-ethyl adjacent to an activating group) is 1. The number of nitrogens with zero attached hydrogens (tertiary/aromatic N) is 1. The molecule has 0 unspecified atom stereocenters. The van der Waals surface area contributed by atoms with Crippen molar-refractivity contribution in [3.05, 3.63) is 46.5 Å². The molecule has 0 saturated carbocycles. The zero-order chi connectivity index (χ0) is 28.1. The van der Waals surface area contributed by atoms with Gasteiger partial charge in [-0.2, -0.15) is 0 Å². The lowest BCUT2D eigenvalue weighted by molar-refractivity contribution is 0.299. The van der Waals surface area contributed by atoms with Gasteiger partial charge in [-0.05, 0) is 59.0 Å². The maximum absolute atomic E-state index is 6.74. The lowest BCUT2D eigenvalue weighted by Gasteiger charge is -2.27. The highest BCUT2D eigenvalue weighted by molar-refractivity contribution is 7.31. The van der Waals surface area contributed by atoms with E-state index in [4.69, 9.17) is 12.9 Å². The lowest BCUT2D eigenvalue weighted by atomic mass is 9.77. The van der Waals surface area contributed by atoms with E-state index in [1.165, 1.54) is 22.3 Å². The lowest BCUT2D eigenvalue weighted by Crippen LogP contribution is -2.18. The van der Waals surface area contributed by atoms with Crippen LogP contribution in [0, 0.1) is 0 Å². The number of rotatable bonds is 4. The van der Waals surface area contributed by atoms with E-state index in [-0.39, 0.29) is 21.7 Å². The van der Waals surface area contributed by atoms with Crippen LogP contribution in [0.25, 0.3) is 21.9 Å². The molecule has 206 valence electrons. The minimum absolute atomic E-state index is 0.0101. The first-order valence-corrected chi connectivity index (χ1v) is 14.6. The zero-order valence-electron chi connectivity index (χ0n) is 25.8. The third-order valence-corrected chi connectivity index (χ3v) is 7.94. The van der Waals surface area contributed by atoms with Crippen LogP contribution in [0.2, 0.25) is 0 Å². The molecule has 4 nitrogen and oxygen atoms in total. The fourth-order valence-electron chi connectivity index (χ4n) is 4.35. The van der Waals surface area contributed by atoms with E-state index in [9.17, 15) is 0 Å². The Labute approximate surface area is 226 Å². The highest BCUT2D eigenvalue weighted by Crippen LogP contribution is 2.44. The Bertz CT molecular complexity index is 1210. The number of benzene rings is 2. The molecule has 0 N–H and O–H groups in total. The molecular weight excluding hydrogens is 477 g/mol. The van der Waals surface area contributed by atoms with Gasteiger partial charge < -0.3 is 13.3 Å². The van der Waals surface area contributed by atoms with Crippen molar-refractivity contribution in [1.82, 2.24) is 4.90 Å². The van der Waals surface area contributed by atoms with Crippen molar-refractivity contribution in [2.75, 3.05) is 27.2 Å². The van der Waals surface area contributed by atoms with Crippen LogP contribution in [0.4, 0.5) is 0 Å². The summed E-state index contributed by atoms with van der Waals surface area (Å²) in [5.74, 6) is 0. The molecule has 0 aliphatic carbocycles. The van der Waals surface area contributed by atoms with Crippen molar-refractivity contribution in [1.29, 1.82) is 0 Å². The van der Waals surface area contributed by atoms with Crippen molar-refractivity contribution in [3.63, 3.8) is 0 Å². The average molecular weight is 528 g/mol. The maximum Gasteiger partial charge on any atom is 0.387 e. The van der Waals surface area contributed by atoms with Gasteiger partial charge in [-0.3, -0.25) is 4.52 Å². The highest BCUT2D eigenvalue weighted by Gasteiger charge is 2.28. The fraction of sp³-hybridized carbons (Fsp3) is 0.625. The molecule has 0 amide bonds. The van der Waals surface area contributed by atoms with Crippen LogP contribution in [0.3, 0.4) is 0 Å². The van der Waals surface area contributed by atoms with E-state index in [2.05, 4.69) is 112 Å². The Morgan fingerprint density at radius 1 is 0.622 bits per heavy atom. The molecule has 0 fully saturated rings. The molecule has 0 bridgehead atoms. The first kappa shape index (κ1) is 29.8. The van der Waals surface area contributed by atoms with Gasteiger partial charge in [0, 0.05) is 28.4 Å². The van der Waals surface area contributed by atoms with Crippen molar-refractivity contribution >= 4 is 30.2 Å². The van der Waals surface area contributed by atoms with E-state index in [1.54, 1.807) is 0 Å². The predicted molar refractivity (Wildman–Crippen MR) is 161 cm³/mol. The molecule has 0 radical (unpaired) electrons. The third-order valence-electron chi connectivity index (χ3n) is 6.88. The van der Waals surface area contributed by atoms with Crippen molar-refractivity contribution < 1.29 is 12.9 Å². The van der Waals surface area contributed by atoms with Gasteiger partial charge in [-0.1, -0.05) is 95.2 Å². The van der Waals surface area contributed by atoms with E-state index in [0.29, 0.717) is 6.61 Å². The van der Waals surface area contributed by atoms with Crippen LogP contribution in [0.5, 0.6) is 0 Å². The first-order chi connectivity index (χ1) is 16.7. The number of hydrogen-bond donors (Lipinski definition) is 0. The molecule has 3 rings (SSSR count). The van der Waals surface area contributed by atoms with Crippen LogP contribution < -0.4 is 4.52 Å². The summed E-state index contributed by atoms with van der Waals surface area (Å²) in [5.41, 5.74) is 6.50. The van der Waals surface area contributed by atoms with Crippen molar-refractivity contribution in [2.24, 2.45) is 0 Å². The molecule has 0 aliphatic rings. The fourth-order valence-corrected chi connectivity index (χ4v) is 5.42. The second kappa shape index (κ2) is 10.1. The third kappa shape index (κ3) is 6.83. The SMILES string of the molecule is CN(C)CCOp1oc2c(C(C)(C)C)cc(C(C)(C)C)cc2c2cc(C(C)(C)C)cc(C(C)(C)C)c2o1. The molecule has 0 aliphatic heterocycles. The second-order valence-corrected chi connectivity index (χ2v) is 15.9. The molecule has 0 saturated heterocycles. The normalized spacial score (nSPS) is 13.7. The molecule has 1 heterocycles. The molecule has 2 aromatic carbocycles. The number of hydrogen-bond acceptors (Lipinski definition) is 4. The summed E-state index contributed by atoms with van der Waals surface area (Å²) in [4.78, 5) is 2.11. The number of fused-ring (bicyclic) bond motifs is 3. The summed E-state index contributed by atoms with van der Waals surface area (Å²) >= 11 is 0. The van der Waals surface area contributed by atoms with Gasteiger partial charge in [0.1, 0.15) is 11.2 Å². The van der Waals surface area contributed by atoms with Gasteiger partial charge >= 0.3 is 8.24 Å². The van der Waals surface area contributed by atoms with Crippen LogP contribution in [0.1, 0.15) is 105 Å². The quantitative estimate of drug-likeness (QED) is 0.339. The smallest absolute Gasteiger partial charge is 0.387 e. The Kier molecular flexibility index (Phi) is 8.14. The Morgan fingerprint density at radius 3 is 1.30 bits per heavy atom. The van der Waals surface area contributed by atoms with Gasteiger partial charge in [0.05, 0.1) is 6.61 Å². The van der Waals surface area contributed by atoms with E-state index in [1.807, 2.05) is 14.1 Å². The average Bonchev–Trinajstić information content (AvgIpc) is 2.85. The standard InChI is InChI=1S/C32H50NO3P/c1-29(2,3)21-17-23-24-18-22(30(4,5)6)20-26(32(10,11)12)28(24)36-37(34-16-15-33(13)14)35-27(23)25(19-21)31(7,8)9/h17-20H,15-16H2,1-14H3. The summed E-state index contributed by atoms with van der Waals surface area (Å²) in [6.45, 7) is 28.5. The maximum atomic E-state index is 6.74. The van der Waals surface area contributed by atoms with Gasteiger partial charge in [0.25, 0.3) is 0 Å². The summed E-state index contributed by atoms with van der Waals surface area (Å²) < 4.78 is 19.8. The van der Waals surface area contributed by atoms with Crippen molar-refractivity contribution in [3.8, 4) is 0 Å². The molecular formula is C32H50NO3P. The van der Waals surface area contributed by atoms with Gasteiger partial charge in [-0.25, -0.2) is 0 Å². The first-order valence-electron chi connectivity index (χ1n) is 13.5. The van der Waals surface area contributed by atoms with Crippen LogP contribution in [-0.2, 0) is 21.7 Å². The van der Waals surface area contributed by atoms with Crippen LogP contribution in [-0.4, -0.2) is 32.1 Å². The summed E-state index contributed by atoms with van der Waals surface area (Å²) in [6.07, 6.45) is 0. The highest BCUT2D eigenvalue weighted by atomic mass is 31.1. The Balaban J connectivity index is 2.64. The predicted octanol–water partition coefficient (Wildman–Crippen LogP) is 9.47. The van der Waals surface area contributed by atoms with E-state index >= 15 is 0 Å². The van der Waals surface area contributed by atoms with Crippen molar-refractivity contribution in [2.45, 2.75) is 105 Å². The molecule has 0 atom stereocenters. The van der Waals surface area contributed by atoms with Crippen LogP contribution in [0.15, 0.2) is 32.7 Å². The van der Waals surface area contributed by atoms with Gasteiger partial charge in [-0.15, -0.1) is 0 Å². The zero-order valence-corrected chi connectivity index (χ0v) is 26.7. The van der Waals surface area contributed by atoms with Crippen LogP contribution >= 0.6 is 8.24 Å². The Morgan fingerprint density at radius 2 is 1.00 bits per heavy atom. The molecule has 0 spiro atoms. The second-order valence-electron chi connectivity index (χ2n) is 14.8. The summed E-state index contributed by atoms with van der Waals surface area (Å²) in [6, 6.07) is 9.31. The Hall–Kier alpha value is -1.74. The van der Waals surface area contributed by atoms with E-state index < -0.39 is 8.24 Å². The van der Waals surface area contributed by atoms with Gasteiger partial charge in [0.15, 0.2) is 0 Å². The monoisotopic (exact) mass is 527 g/mol. The summed E-state index contributed by atoms with van der Waals surface area (Å²) in [7, 11) is 2.47. The van der Waals surface area contributed by atoms with E-state index in [0.717, 1.165) is 28.5 Å². The minimum atomic E-state index is -1.63. The minimum Gasteiger partial charge on any atom is -0.399 e. The molecule has 5 heteroatoms. The molecule has 3 aromatic rings. The summed E-state index contributed by atoms with van der Waals surface area (Å²) in [5, 5.41) is 2.20. The largest absolute Gasteiger partial charge is 0.399 e. The van der Waals surface area contributed by atoms with Gasteiger partial charge in [0.2, 0.25) is 0 Å². The molecule has 1 aromatic heterocycles. The topological polar surface area (TPSA) is 38.8 Å².